The Labute approximate surface area is 111 Å². The summed E-state index contributed by atoms with van der Waals surface area (Å²) in [6, 6.07) is 2.45. The Morgan fingerprint density at radius 3 is 2.74 bits per heavy atom. The molecule has 0 aromatic carbocycles. The van der Waals surface area contributed by atoms with Crippen LogP contribution in [-0.2, 0) is 0 Å². The lowest BCUT2D eigenvalue weighted by Crippen LogP contribution is -2.42. The first-order chi connectivity index (χ1) is 9.06. The molecule has 1 fully saturated rings. The number of piperidine rings is 1. The van der Waals surface area contributed by atoms with Gasteiger partial charge in [0, 0.05) is 13.1 Å². The zero-order chi connectivity index (χ0) is 13.8. The molecule has 6 heteroatoms. The molecule has 1 aliphatic heterocycles. The fourth-order valence-electron chi connectivity index (χ4n) is 2.22. The first-order valence-electron chi connectivity index (χ1n) is 6.42. The van der Waals surface area contributed by atoms with Crippen molar-refractivity contribution in [2.24, 2.45) is 5.92 Å². The van der Waals surface area contributed by atoms with Crippen LogP contribution in [0.15, 0.2) is 18.3 Å². The molecule has 1 saturated heterocycles. The van der Waals surface area contributed by atoms with Crippen LogP contribution in [0.25, 0.3) is 0 Å². The number of carbonyl (C=O) groups is 1. The van der Waals surface area contributed by atoms with E-state index in [2.05, 4.69) is 10.3 Å². The van der Waals surface area contributed by atoms with Gasteiger partial charge < -0.3 is 10.0 Å². The number of nitrogens with one attached hydrogen (secondary N) is 1. The van der Waals surface area contributed by atoms with Gasteiger partial charge in [0.15, 0.2) is 0 Å². The van der Waals surface area contributed by atoms with E-state index in [-0.39, 0.29) is 18.1 Å². The molecule has 1 aliphatic rings. The van der Waals surface area contributed by atoms with Crippen molar-refractivity contribution < 1.29 is 14.3 Å². The predicted octanol–water partition coefficient (Wildman–Crippen LogP) is 1.85. The second-order valence-electron chi connectivity index (χ2n) is 4.86. The molecule has 0 unspecified atom stereocenters. The van der Waals surface area contributed by atoms with Crippen LogP contribution in [0.4, 0.5) is 15.0 Å². The van der Waals surface area contributed by atoms with Gasteiger partial charge in [-0.25, -0.2) is 14.2 Å². The monoisotopic (exact) mass is 267 g/mol. The maximum Gasteiger partial charge on any atom is 0.323 e. The number of hydrogen-bond donors (Lipinski definition) is 2. The van der Waals surface area contributed by atoms with Crippen LogP contribution in [0.2, 0.25) is 0 Å². The number of aromatic nitrogens is 1. The highest BCUT2D eigenvalue weighted by Crippen LogP contribution is 2.20. The Bertz CT molecular complexity index is 428. The van der Waals surface area contributed by atoms with E-state index in [0.717, 1.165) is 19.0 Å². The van der Waals surface area contributed by atoms with Crippen molar-refractivity contribution in [2.75, 3.05) is 18.4 Å². The molecule has 19 heavy (non-hydrogen) atoms. The van der Waals surface area contributed by atoms with Crippen molar-refractivity contribution in [1.29, 1.82) is 0 Å². The molecule has 0 spiro atoms. The maximum atomic E-state index is 12.7. The normalized spacial score (nSPS) is 18.2. The number of amides is 2. The van der Waals surface area contributed by atoms with Crippen molar-refractivity contribution in [2.45, 2.75) is 25.9 Å². The Morgan fingerprint density at radius 1 is 1.53 bits per heavy atom. The van der Waals surface area contributed by atoms with Gasteiger partial charge in [-0.1, -0.05) is 0 Å². The number of urea groups is 1. The van der Waals surface area contributed by atoms with Crippen LogP contribution in [0.5, 0.6) is 0 Å². The summed E-state index contributed by atoms with van der Waals surface area (Å²) in [5, 5.41) is 12.1. The molecular formula is C13H18FN3O2. The van der Waals surface area contributed by atoms with Gasteiger partial charge in [0.2, 0.25) is 0 Å². The molecule has 2 rings (SSSR count). The highest BCUT2D eigenvalue weighted by molar-refractivity contribution is 5.88. The molecule has 2 heterocycles. The average Bonchev–Trinajstić information content (AvgIpc) is 2.41. The van der Waals surface area contributed by atoms with Crippen LogP contribution in [-0.4, -0.2) is 40.2 Å². The summed E-state index contributed by atoms with van der Waals surface area (Å²) in [6.07, 6.45) is 2.32. The van der Waals surface area contributed by atoms with Gasteiger partial charge in [-0.3, -0.25) is 5.32 Å². The highest BCUT2D eigenvalue weighted by atomic mass is 19.1. The number of hydrogen-bond acceptors (Lipinski definition) is 3. The van der Waals surface area contributed by atoms with Crippen molar-refractivity contribution in [3.05, 3.63) is 24.1 Å². The van der Waals surface area contributed by atoms with Gasteiger partial charge >= 0.3 is 6.03 Å². The molecule has 2 N–H and O–H groups in total. The summed E-state index contributed by atoms with van der Waals surface area (Å²) in [5.74, 6) is 0.160. The zero-order valence-corrected chi connectivity index (χ0v) is 10.8. The summed E-state index contributed by atoms with van der Waals surface area (Å²) in [6.45, 7) is 3.01. The molecule has 2 amide bonds. The lowest BCUT2D eigenvalue weighted by molar-refractivity contribution is 0.0820. The number of aliphatic hydroxyl groups excluding tert-OH is 1. The summed E-state index contributed by atoms with van der Waals surface area (Å²) in [5.41, 5.74) is 0. The maximum absolute atomic E-state index is 12.7. The minimum atomic E-state index is -0.434. The van der Waals surface area contributed by atoms with Gasteiger partial charge in [0.1, 0.15) is 11.6 Å². The Hall–Kier alpha value is -1.69. The Balaban J connectivity index is 1.86. The summed E-state index contributed by atoms with van der Waals surface area (Å²) >= 11 is 0. The third-order valence-corrected chi connectivity index (χ3v) is 3.47. The van der Waals surface area contributed by atoms with Crippen molar-refractivity contribution >= 4 is 11.8 Å². The molecule has 0 radical (unpaired) electrons. The smallest absolute Gasteiger partial charge is 0.323 e. The van der Waals surface area contributed by atoms with Crippen LogP contribution in [0.1, 0.15) is 19.8 Å². The Morgan fingerprint density at radius 2 is 2.21 bits per heavy atom. The summed E-state index contributed by atoms with van der Waals surface area (Å²) < 4.78 is 12.7. The molecule has 0 saturated carbocycles. The number of pyridine rings is 1. The number of carbonyl (C=O) groups excluding carboxylic acids is 1. The Kier molecular flexibility index (Phi) is 4.31. The zero-order valence-electron chi connectivity index (χ0n) is 10.8. The fraction of sp³-hybridized carbons (Fsp3) is 0.538. The van der Waals surface area contributed by atoms with E-state index in [1.54, 1.807) is 11.8 Å². The number of halogens is 1. The molecule has 0 aliphatic carbocycles. The second kappa shape index (κ2) is 5.97. The van der Waals surface area contributed by atoms with E-state index in [0.29, 0.717) is 18.9 Å². The third kappa shape index (κ3) is 3.64. The van der Waals surface area contributed by atoms with Gasteiger partial charge in [-0.15, -0.1) is 0 Å². The van der Waals surface area contributed by atoms with E-state index < -0.39 is 5.82 Å². The van der Waals surface area contributed by atoms with Crippen LogP contribution in [0, 0.1) is 11.7 Å². The molecular weight excluding hydrogens is 249 g/mol. The third-order valence-electron chi connectivity index (χ3n) is 3.47. The van der Waals surface area contributed by atoms with Gasteiger partial charge in [0.05, 0.1) is 12.3 Å². The summed E-state index contributed by atoms with van der Waals surface area (Å²) in [7, 11) is 0. The molecule has 1 aromatic heterocycles. The molecule has 0 bridgehead atoms. The lowest BCUT2D eigenvalue weighted by atomic mass is 9.92. The first kappa shape index (κ1) is 13.7. The fourth-order valence-corrected chi connectivity index (χ4v) is 2.22. The van der Waals surface area contributed by atoms with Crippen LogP contribution in [0.3, 0.4) is 0 Å². The number of nitrogens with zero attached hydrogens (tertiary/aromatic N) is 2. The minimum Gasteiger partial charge on any atom is -0.393 e. The predicted molar refractivity (Wildman–Crippen MR) is 69.2 cm³/mol. The number of anilines is 1. The molecule has 5 nitrogen and oxygen atoms in total. The quantitative estimate of drug-likeness (QED) is 0.859. The average molecular weight is 267 g/mol. The van der Waals surface area contributed by atoms with Crippen LogP contribution < -0.4 is 5.32 Å². The topological polar surface area (TPSA) is 65.5 Å². The molecule has 104 valence electrons. The van der Waals surface area contributed by atoms with Crippen LogP contribution >= 0.6 is 0 Å². The van der Waals surface area contributed by atoms with E-state index in [9.17, 15) is 14.3 Å². The second-order valence-corrected chi connectivity index (χ2v) is 4.86. The number of likely N-dealkylation sites (tertiary alicyclic amines) is 1. The number of aliphatic hydroxyl groups is 1. The van der Waals surface area contributed by atoms with E-state index in [4.69, 9.17) is 0 Å². The molecule has 1 aromatic rings. The first-order valence-corrected chi connectivity index (χ1v) is 6.42. The largest absolute Gasteiger partial charge is 0.393 e. The van der Waals surface area contributed by atoms with E-state index in [1.165, 1.54) is 12.1 Å². The minimum absolute atomic E-state index is 0.233. The van der Waals surface area contributed by atoms with Crippen molar-refractivity contribution in [1.82, 2.24) is 9.88 Å². The SMILES string of the molecule is C[C@@H](O)C1CCN(C(=O)Nc2ccc(F)cn2)CC1. The number of rotatable bonds is 2. The van der Waals surface area contributed by atoms with Gasteiger partial charge in [-0.05, 0) is 37.8 Å². The van der Waals surface area contributed by atoms with E-state index >= 15 is 0 Å². The lowest BCUT2D eigenvalue weighted by Gasteiger charge is -2.33. The van der Waals surface area contributed by atoms with Crippen molar-refractivity contribution in [3.63, 3.8) is 0 Å². The standard InChI is InChI=1S/C13H18FN3O2/c1-9(18)10-4-6-17(7-5-10)13(19)16-12-3-2-11(14)8-15-12/h2-3,8-10,18H,4-7H2,1H3,(H,15,16,19)/t9-/m1/s1. The molecule has 1 atom stereocenters. The summed E-state index contributed by atoms with van der Waals surface area (Å²) in [4.78, 5) is 17.4. The van der Waals surface area contributed by atoms with E-state index in [1.807, 2.05) is 0 Å². The highest BCUT2D eigenvalue weighted by Gasteiger charge is 2.25. The van der Waals surface area contributed by atoms with Crippen molar-refractivity contribution in [3.8, 4) is 0 Å². The van der Waals surface area contributed by atoms with Gasteiger partial charge in [-0.2, -0.15) is 0 Å². The van der Waals surface area contributed by atoms with Gasteiger partial charge in [0.25, 0.3) is 0 Å².